The Morgan fingerprint density at radius 2 is 1.85 bits per heavy atom. The van der Waals surface area contributed by atoms with Crippen molar-refractivity contribution >= 4 is 17.7 Å². The summed E-state index contributed by atoms with van der Waals surface area (Å²) >= 11 is 0. The summed E-state index contributed by atoms with van der Waals surface area (Å²) < 4.78 is 5.53. The number of carbonyl (C=O) groups is 2. The molecule has 2 aromatic carbocycles. The largest absolute Gasteiger partial charge is 0.443 e. The molecule has 0 aromatic heterocycles. The molecule has 0 saturated heterocycles. The average Bonchev–Trinajstić information content (AvgIpc) is 2.84. The number of anilines is 1. The standard InChI is InChI=1S/C23H25NO3/c1-6-14-23(17-10-8-7-9-11-17)18-15-16(2)12-13-19(18)24(20(23)25)21(26)27-22(3,4)5/h6-13,15H,1,14H2,2-5H3/t23-/m1/s1. The number of aryl methyl sites for hydroxylation is 1. The van der Waals surface area contributed by atoms with E-state index in [1.54, 1.807) is 26.8 Å². The molecule has 4 nitrogen and oxygen atoms in total. The molecule has 2 amide bonds. The Balaban J connectivity index is 2.24. The summed E-state index contributed by atoms with van der Waals surface area (Å²) in [5, 5.41) is 0. The molecule has 3 rings (SSSR count). The summed E-state index contributed by atoms with van der Waals surface area (Å²) in [6.45, 7) is 11.2. The lowest BCUT2D eigenvalue weighted by Crippen LogP contribution is -2.45. The van der Waals surface area contributed by atoms with Crippen LogP contribution in [0, 0.1) is 6.92 Å². The molecule has 1 heterocycles. The first-order valence-electron chi connectivity index (χ1n) is 9.06. The normalized spacial score (nSPS) is 19.0. The van der Waals surface area contributed by atoms with Crippen molar-refractivity contribution in [3.8, 4) is 0 Å². The smallest absolute Gasteiger partial charge is 0.421 e. The molecular weight excluding hydrogens is 338 g/mol. The topological polar surface area (TPSA) is 46.6 Å². The highest BCUT2D eigenvalue weighted by atomic mass is 16.6. The third kappa shape index (κ3) is 3.16. The Kier molecular flexibility index (Phi) is 4.68. The summed E-state index contributed by atoms with van der Waals surface area (Å²) in [6, 6.07) is 15.3. The molecule has 0 aliphatic carbocycles. The van der Waals surface area contributed by atoms with E-state index in [9.17, 15) is 9.59 Å². The van der Waals surface area contributed by atoms with Gasteiger partial charge in [0.05, 0.1) is 5.69 Å². The molecule has 1 atom stereocenters. The van der Waals surface area contributed by atoms with E-state index in [0.717, 1.165) is 16.7 Å². The van der Waals surface area contributed by atoms with Gasteiger partial charge in [-0.05, 0) is 51.3 Å². The van der Waals surface area contributed by atoms with Crippen LogP contribution in [0.3, 0.4) is 0 Å². The second kappa shape index (κ2) is 6.69. The Bertz CT molecular complexity index is 896. The summed E-state index contributed by atoms with van der Waals surface area (Å²) in [5.41, 5.74) is 1.57. The number of amides is 2. The van der Waals surface area contributed by atoms with Gasteiger partial charge in [-0.1, -0.05) is 54.1 Å². The third-order valence-electron chi connectivity index (χ3n) is 4.71. The zero-order chi connectivity index (χ0) is 19.8. The number of benzene rings is 2. The number of nitrogens with zero attached hydrogens (tertiary/aromatic N) is 1. The molecule has 0 N–H and O–H groups in total. The molecule has 2 aromatic rings. The number of imide groups is 1. The first-order chi connectivity index (χ1) is 12.7. The molecule has 27 heavy (non-hydrogen) atoms. The summed E-state index contributed by atoms with van der Waals surface area (Å²) in [5.74, 6) is -0.302. The number of fused-ring (bicyclic) bond motifs is 1. The van der Waals surface area contributed by atoms with Crippen molar-refractivity contribution < 1.29 is 14.3 Å². The van der Waals surface area contributed by atoms with Gasteiger partial charge in [0.25, 0.3) is 5.91 Å². The highest BCUT2D eigenvalue weighted by molar-refractivity contribution is 6.22. The highest BCUT2D eigenvalue weighted by Crippen LogP contribution is 2.49. The number of rotatable bonds is 3. The number of hydrogen-bond acceptors (Lipinski definition) is 3. The lowest BCUT2D eigenvalue weighted by atomic mass is 9.72. The SMILES string of the molecule is C=CC[C@]1(c2ccccc2)C(=O)N(C(=O)OC(C)(C)C)c2ccc(C)cc21. The van der Waals surface area contributed by atoms with Gasteiger partial charge in [0.1, 0.15) is 11.0 Å². The maximum atomic E-state index is 13.7. The zero-order valence-electron chi connectivity index (χ0n) is 16.3. The van der Waals surface area contributed by atoms with Crippen LogP contribution in [0.15, 0.2) is 61.2 Å². The van der Waals surface area contributed by atoms with E-state index in [0.29, 0.717) is 12.1 Å². The van der Waals surface area contributed by atoms with E-state index in [-0.39, 0.29) is 5.91 Å². The Labute approximate surface area is 160 Å². The second-order valence-corrected chi connectivity index (χ2v) is 7.91. The number of hydrogen-bond donors (Lipinski definition) is 0. The molecule has 0 spiro atoms. The van der Waals surface area contributed by atoms with Crippen molar-refractivity contribution in [1.82, 2.24) is 0 Å². The van der Waals surface area contributed by atoms with Gasteiger partial charge in [0.15, 0.2) is 0 Å². The zero-order valence-corrected chi connectivity index (χ0v) is 16.3. The summed E-state index contributed by atoms with van der Waals surface area (Å²) in [4.78, 5) is 27.8. The average molecular weight is 363 g/mol. The van der Waals surface area contributed by atoms with Crippen molar-refractivity contribution in [2.24, 2.45) is 0 Å². The van der Waals surface area contributed by atoms with E-state index in [1.165, 1.54) is 4.90 Å². The van der Waals surface area contributed by atoms with Crippen LogP contribution < -0.4 is 4.90 Å². The van der Waals surface area contributed by atoms with Gasteiger partial charge in [-0.3, -0.25) is 4.79 Å². The van der Waals surface area contributed by atoms with Crippen LogP contribution in [-0.4, -0.2) is 17.6 Å². The fraction of sp³-hybridized carbons (Fsp3) is 0.304. The lowest BCUT2D eigenvalue weighted by molar-refractivity contribution is -0.121. The van der Waals surface area contributed by atoms with Gasteiger partial charge >= 0.3 is 6.09 Å². The first-order valence-corrected chi connectivity index (χ1v) is 9.06. The number of allylic oxidation sites excluding steroid dienone is 1. The van der Waals surface area contributed by atoms with E-state index in [2.05, 4.69) is 6.58 Å². The second-order valence-electron chi connectivity index (χ2n) is 7.91. The van der Waals surface area contributed by atoms with Crippen molar-refractivity contribution in [2.75, 3.05) is 4.90 Å². The molecule has 0 unspecified atom stereocenters. The highest BCUT2D eigenvalue weighted by Gasteiger charge is 2.54. The molecule has 4 heteroatoms. The maximum Gasteiger partial charge on any atom is 0.421 e. The third-order valence-corrected chi connectivity index (χ3v) is 4.71. The van der Waals surface area contributed by atoms with Crippen molar-refractivity contribution in [1.29, 1.82) is 0 Å². The molecule has 0 fully saturated rings. The summed E-state index contributed by atoms with van der Waals surface area (Å²) in [6.07, 6.45) is 1.47. The molecule has 0 bridgehead atoms. The van der Waals surface area contributed by atoms with Crippen LogP contribution in [0.5, 0.6) is 0 Å². The van der Waals surface area contributed by atoms with E-state index in [1.807, 2.05) is 55.5 Å². The molecular formula is C23H25NO3. The van der Waals surface area contributed by atoms with Gasteiger partial charge in [-0.2, -0.15) is 0 Å². The Morgan fingerprint density at radius 1 is 1.19 bits per heavy atom. The van der Waals surface area contributed by atoms with E-state index in [4.69, 9.17) is 4.74 Å². The fourth-order valence-electron chi connectivity index (χ4n) is 3.62. The van der Waals surface area contributed by atoms with E-state index < -0.39 is 17.1 Å². The van der Waals surface area contributed by atoms with Crippen molar-refractivity contribution in [2.45, 2.75) is 45.1 Å². The molecule has 1 aliphatic heterocycles. The quantitative estimate of drug-likeness (QED) is 0.710. The van der Waals surface area contributed by atoms with Crippen LogP contribution in [0.2, 0.25) is 0 Å². The predicted octanol–water partition coefficient (Wildman–Crippen LogP) is 5.14. The summed E-state index contributed by atoms with van der Waals surface area (Å²) in [7, 11) is 0. The predicted molar refractivity (Wildman–Crippen MR) is 107 cm³/mol. The number of carbonyl (C=O) groups excluding carboxylic acids is 2. The minimum atomic E-state index is -0.985. The number of ether oxygens (including phenoxy) is 1. The van der Waals surface area contributed by atoms with Gasteiger partial charge in [0.2, 0.25) is 0 Å². The minimum absolute atomic E-state index is 0.302. The molecule has 0 radical (unpaired) electrons. The van der Waals surface area contributed by atoms with Gasteiger partial charge in [0, 0.05) is 0 Å². The molecule has 1 aliphatic rings. The maximum absolute atomic E-state index is 13.7. The van der Waals surface area contributed by atoms with Crippen molar-refractivity contribution in [3.63, 3.8) is 0 Å². The van der Waals surface area contributed by atoms with Crippen LogP contribution in [0.1, 0.15) is 43.9 Å². The van der Waals surface area contributed by atoms with Crippen molar-refractivity contribution in [3.05, 3.63) is 77.9 Å². The van der Waals surface area contributed by atoms with Crippen LogP contribution >= 0.6 is 0 Å². The van der Waals surface area contributed by atoms with Crippen LogP contribution in [0.25, 0.3) is 0 Å². The fourth-order valence-corrected chi connectivity index (χ4v) is 3.62. The monoisotopic (exact) mass is 363 g/mol. The van der Waals surface area contributed by atoms with Gasteiger partial charge in [-0.15, -0.1) is 6.58 Å². The molecule has 140 valence electrons. The van der Waals surface area contributed by atoms with Crippen LogP contribution in [0.4, 0.5) is 10.5 Å². The Hall–Kier alpha value is -2.88. The minimum Gasteiger partial charge on any atom is -0.443 e. The lowest BCUT2D eigenvalue weighted by Gasteiger charge is -2.29. The van der Waals surface area contributed by atoms with E-state index >= 15 is 0 Å². The Morgan fingerprint density at radius 3 is 2.44 bits per heavy atom. The first kappa shape index (κ1) is 18.9. The van der Waals surface area contributed by atoms with Gasteiger partial charge < -0.3 is 4.74 Å². The molecule has 0 saturated carbocycles. The van der Waals surface area contributed by atoms with Gasteiger partial charge in [-0.25, -0.2) is 9.69 Å². The van der Waals surface area contributed by atoms with Crippen LogP contribution in [-0.2, 0) is 14.9 Å².